The maximum atomic E-state index is 12.9. The molecule has 0 saturated heterocycles. The highest BCUT2D eigenvalue weighted by molar-refractivity contribution is 7.54. The molecule has 0 spiro atoms. The molecule has 9 heteroatoms. The van der Waals surface area contributed by atoms with E-state index in [0.29, 0.717) is 22.6 Å². The average Bonchev–Trinajstić information content (AvgIpc) is 2.95. The lowest BCUT2D eigenvalue weighted by atomic mass is 10.1. The molecule has 3 rings (SSSR count). The normalized spacial score (nSPS) is 15.3. The molecular weight excluding hydrogens is 395 g/mol. The summed E-state index contributed by atoms with van der Waals surface area (Å²) >= 11 is 0. The van der Waals surface area contributed by atoms with Gasteiger partial charge in [-0.1, -0.05) is 12.1 Å². The van der Waals surface area contributed by atoms with Crippen LogP contribution in [0.2, 0.25) is 0 Å². The highest BCUT2D eigenvalue weighted by Crippen LogP contribution is 2.48. The van der Waals surface area contributed by atoms with Crippen LogP contribution in [-0.4, -0.2) is 49.2 Å². The Hall–Kier alpha value is -2.67. The molecule has 1 heterocycles. The summed E-state index contributed by atoms with van der Waals surface area (Å²) in [4.78, 5) is 25.7. The Morgan fingerprint density at radius 1 is 0.966 bits per heavy atom. The maximum absolute atomic E-state index is 12.9. The van der Waals surface area contributed by atoms with Crippen LogP contribution in [0.5, 0.6) is 5.75 Å². The molecule has 1 aliphatic rings. The van der Waals surface area contributed by atoms with E-state index in [1.165, 1.54) is 0 Å². The Morgan fingerprint density at radius 2 is 1.59 bits per heavy atom. The minimum atomic E-state index is -3.41. The molecule has 0 fully saturated rings. The van der Waals surface area contributed by atoms with Crippen molar-refractivity contribution in [1.29, 1.82) is 0 Å². The molecule has 0 bridgehead atoms. The fourth-order valence-electron chi connectivity index (χ4n) is 2.90. The van der Waals surface area contributed by atoms with E-state index in [9.17, 15) is 14.2 Å². The zero-order chi connectivity index (χ0) is 20.9. The SMILES string of the molecule is CCOP(=O)(CCOCCN1C(=O)c2ccccc2C1=O)Oc1ccc(N)cc1. The average molecular weight is 418 g/mol. The fourth-order valence-corrected chi connectivity index (χ4v) is 4.36. The van der Waals surface area contributed by atoms with Gasteiger partial charge in [0.05, 0.1) is 43.7 Å². The van der Waals surface area contributed by atoms with Gasteiger partial charge in [-0.2, -0.15) is 0 Å². The number of carbonyl (C=O) groups is 2. The van der Waals surface area contributed by atoms with Gasteiger partial charge in [0.2, 0.25) is 0 Å². The van der Waals surface area contributed by atoms with Crippen molar-refractivity contribution in [2.45, 2.75) is 6.92 Å². The first-order valence-corrected chi connectivity index (χ1v) is 11.0. The predicted octanol–water partition coefficient (Wildman–Crippen LogP) is 3.19. The topological polar surface area (TPSA) is 108 Å². The summed E-state index contributed by atoms with van der Waals surface area (Å²) in [6.45, 7) is 2.28. The van der Waals surface area contributed by atoms with Gasteiger partial charge in [-0.25, -0.2) is 4.57 Å². The van der Waals surface area contributed by atoms with Crippen molar-refractivity contribution >= 4 is 25.1 Å². The number of imide groups is 1. The Bertz CT molecular complexity index is 896. The number of hydrogen-bond donors (Lipinski definition) is 1. The van der Waals surface area contributed by atoms with Crippen molar-refractivity contribution < 1.29 is 27.9 Å². The van der Waals surface area contributed by atoms with Crippen LogP contribution in [0.4, 0.5) is 5.69 Å². The minimum Gasteiger partial charge on any atom is -0.424 e. The van der Waals surface area contributed by atoms with Crippen LogP contribution >= 0.6 is 7.60 Å². The summed E-state index contributed by atoms with van der Waals surface area (Å²) in [6.07, 6.45) is 0.0351. The quantitative estimate of drug-likeness (QED) is 0.273. The van der Waals surface area contributed by atoms with E-state index in [-0.39, 0.29) is 44.3 Å². The zero-order valence-electron chi connectivity index (χ0n) is 16.1. The first kappa shape index (κ1) is 21.0. The van der Waals surface area contributed by atoms with Crippen LogP contribution < -0.4 is 10.3 Å². The largest absolute Gasteiger partial charge is 0.424 e. The molecule has 1 unspecified atom stereocenters. The Morgan fingerprint density at radius 3 is 2.17 bits per heavy atom. The number of nitrogen functional groups attached to an aromatic ring is 1. The number of nitrogens with zero attached hydrogens (tertiary/aromatic N) is 1. The maximum Gasteiger partial charge on any atom is 0.381 e. The molecule has 0 saturated carbocycles. The summed E-state index contributed by atoms with van der Waals surface area (Å²) in [5.41, 5.74) is 7.00. The van der Waals surface area contributed by atoms with Crippen molar-refractivity contribution in [3.8, 4) is 5.75 Å². The fraction of sp³-hybridized carbons (Fsp3) is 0.300. The molecule has 1 atom stereocenters. The van der Waals surface area contributed by atoms with Gasteiger partial charge < -0.3 is 19.5 Å². The van der Waals surface area contributed by atoms with Gasteiger partial charge in [-0.05, 0) is 43.3 Å². The molecule has 0 radical (unpaired) electrons. The number of amides is 2. The van der Waals surface area contributed by atoms with Crippen LogP contribution in [0, 0.1) is 0 Å². The van der Waals surface area contributed by atoms with Crippen molar-refractivity contribution in [3.05, 3.63) is 59.7 Å². The highest BCUT2D eigenvalue weighted by atomic mass is 31.2. The number of ether oxygens (including phenoxy) is 1. The van der Waals surface area contributed by atoms with E-state index in [1.807, 2.05) is 0 Å². The first-order valence-electron chi connectivity index (χ1n) is 9.25. The van der Waals surface area contributed by atoms with E-state index in [1.54, 1.807) is 55.5 Å². The summed E-state index contributed by atoms with van der Waals surface area (Å²) < 4.78 is 29.2. The van der Waals surface area contributed by atoms with Crippen LogP contribution in [-0.2, 0) is 13.8 Å². The van der Waals surface area contributed by atoms with Crippen LogP contribution in [0.25, 0.3) is 0 Å². The lowest BCUT2D eigenvalue weighted by molar-refractivity contribution is 0.0572. The van der Waals surface area contributed by atoms with E-state index >= 15 is 0 Å². The minimum absolute atomic E-state index is 0.0351. The summed E-state index contributed by atoms with van der Waals surface area (Å²) in [5, 5.41) is 0. The third kappa shape index (κ3) is 5.03. The number of nitrogens with two attached hydrogens (primary N) is 1. The van der Waals surface area contributed by atoms with Crippen molar-refractivity contribution in [1.82, 2.24) is 4.90 Å². The second-order valence-electron chi connectivity index (χ2n) is 6.33. The Labute approximate surface area is 169 Å². The lowest BCUT2D eigenvalue weighted by Crippen LogP contribution is -2.33. The molecule has 29 heavy (non-hydrogen) atoms. The van der Waals surface area contributed by atoms with E-state index in [2.05, 4.69) is 0 Å². The number of rotatable bonds is 10. The second kappa shape index (κ2) is 9.22. The predicted molar refractivity (Wildman–Crippen MR) is 108 cm³/mol. The number of benzene rings is 2. The molecule has 154 valence electrons. The standard InChI is InChI=1S/C20H23N2O6P/c1-2-27-29(25,28-16-9-7-15(21)8-10-16)14-13-26-12-11-22-19(23)17-5-3-4-6-18(17)20(22)24/h3-10H,2,11-14,21H2,1H3. The molecule has 8 nitrogen and oxygen atoms in total. The van der Waals surface area contributed by atoms with Crippen LogP contribution in [0.3, 0.4) is 0 Å². The van der Waals surface area contributed by atoms with Crippen LogP contribution in [0.1, 0.15) is 27.6 Å². The van der Waals surface area contributed by atoms with Crippen molar-refractivity contribution in [2.24, 2.45) is 0 Å². The number of fused-ring (bicyclic) bond motifs is 1. The van der Waals surface area contributed by atoms with Gasteiger partial charge in [-0.15, -0.1) is 0 Å². The lowest BCUT2D eigenvalue weighted by Gasteiger charge is -2.19. The molecule has 0 aliphatic carbocycles. The molecule has 2 amide bonds. The third-order valence-corrected chi connectivity index (χ3v) is 6.17. The van der Waals surface area contributed by atoms with Gasteiger partial charge in [0.15, 0.2) is 0 Å². The van der Waals surface area contributed by atoms with E-state index in [4.69, 9.17) is 19.5 Å². The zero-order valence-corrected chi connectivity index (χ0v) is 17.0. The van der Waals surface area contributed by atoms with E-state index < -0.39 is 7.60 Å². The summed E-state index contributed by atoms with van der Waals surface area (Å²) in [6, 6.07) is 13.2. The van der Waals surface area contributed by atoms with Crippen molar-refractivity contribution in [2.75, 3.05) is 38.3 Å². The second-order valence-corrected chi connectivity index (χ2v) is 8.44. The Balaban J connectivity index is 1.48. The molecule has 2 N–H and O–H groups in total. The Kier molecular flexibility index (Phi) is 6.69. The van der Waals surface area contributed by atoms with Crippen molar-refractivity contribution in [3.63, 3.8) is 0 Å². The van der Waals surface area contributed by atoms with Gasteiger partial charge in [0.1, 0.15) is 5.75 Å². The highest BCUT2D eigenvalue weighted by Gasteiger charge is 2.34. The molecule has 1 aliphatic heterocycles. The molecule has 2 aromatic carbocycles. The summed E-state index contributed by atoms with van der Waals surface area (Å²) in [7, 11) is -3.41. The summed E-state index contributed by atoms with van der Waals surface area (Å²) in [5.74, 6) is -0.274. The van der Waals surface area contributed by atoms with Gasteiger partial charge >= 0.3 is 7.60 Å². The van der Waals surface area contributed by atoms with E-state index in [0.717, 1.165) is 4.90 Å². The number of hydrogen-bond acceptors (Lipinski definition) is 7. The molecule has 2 aromatic rings. The number of carbonyl (C=O) groups excluding carboxylic acids is 2. The molecular formula is C20H23N2O6P. The van der Waals surface area contributed by atoms with Gasteiger partial charge in [0, 0.05) is 5.69 Å². The first-order chi connectivity index (χ1) is 13.9. The smallest absolute Gasteiger partial charge is 0.381 e. The van der Waals surface area contributed by atoms with Gasteiger partial charge in [-0.3, -0.25) is 14.5 Å². The van der Waals surface area contributed by atoms with Crippen LogP contribution in [0.15, 0.2) is 48.5 Å². The third-order valence-electron chi connectivity index (χ3n) is 4.30. The molecule has 0 aromatic heterocycles. The van der Waals surface area contributed by atoms with Gasteiger partial charge in [0.25, 0.3) is 11.8 Å². The monoisotopic (exact) mass is 418 g/mol. The number of anilines is 1.